The zero-order valence-corrected chi connectivity index (χ0v) is 58.9. The van der Waals surface area contributed by atoms with Crippen LogP contribution < -0.4 is 5.11 Å². The molecular formula is C82H135NO8. The van der Waals surface area contributed by atoms with Gasteiger partial charge in [0.2, 0.25) is 0 Å². The van der Waals surface area contributed by atoms with Gasteiger partial charge in [-0.25, -0.2) is 0 Å². The van der Waals surface area contributed by atoms with Gasteiger partial charge >= 0.3 is 11.9 Å². The van der Waals surface area contributed by atoms with Crippen molar-refractivity contribution in [2.75, 3.05) is 47.5 Å². The fourth-order valence-electron chi connectivity index (χ4n) is 9.76. The molecule has 0 amide bonds. The molecule has 0 heterocycles. The Morgan fingerprint density at radius 1 is 0.330 bits per heavy atom. The van der Waals surface area contributed by atoms with Crippen LogP contribution in [0.25, 0.3) is 0 Å². The highest BCUT2D eigenvalue weighted by molar-refractivity contribution is 5.70. The van der Waals surface area contributed by atoms with Gasteiger partial charge < -0.3 is 33.3 Å². The average molecular weight is 1260 g/mol. The third-order valence-corrected chi connectivity index (χ3v) is 15.3. The number of quaternary nitrogens is 1. The summed E-state index contributed by atoms with van der Waals surface area (Å²) in [6.07, 6.45) is 102. The van der Waals surface area contributed by atoms with Crippen molar-refractivity contribution in [3.63, 3.8) is 0 Å². The lowest BCUT2D eigenvalue weighted by Gasteiger charge is -2.26. The zero-order chi connectivity index (χ0) is 66.1. The number of carbonyl (C=O) groups is 3. The molecular weight excluding hydrogens is 1130 g/mol. The lowest BCUT2D eigenvalue weighted by molar-refractivity contribution is -0.870. The fraction of sp³-hybridized carbons (Fsp3) is 0.646. The highest BCUT2D eigenvalue weighted by atomic mass is 16.7. The molecule has 0 aliphatic heterocycles. The Labute approximate surface area is 559 Å². The number of hydrogen-bond donors (Lipinski definition) is 0. The van der Waals surface area contributed by atoms with Crippen LogP contribution in [0.15, 0.2) is 158 Å². The maximum Gasteiger partial charge on any atom is 0.306 e. The van der Waals surface area contributed by atoms with Gasteiger partial charge in [0, 0.05) is 12.8 Å². The van der Waals surface area contributed by atoms with Crippen molar-refractivity contribution in [2.24, 2.45) is 0 Å². The maximum atomic E-state index is 12.9. The van der Waals surface area contributed by atoms with E-state index in [1.165, 1.54) is 128 Å². The van der Waals surface area contributed by atoms with Gasteiger partial charge in [0.05, 0.1) is 40.3 Å². The predicted octanol–water partition coefficient (Wildman–Crippen LogP) is 21.9. The minimum Gasteiger partial charge on any atom is -0.545 e. The topological polar surface area (TPSA) is 111 Å². The largest absolute Gasteiger partial charge is 0.545 e. The molecule has 0 aromatic rings. The number of ether oxygens (including phenoxy) is 4. The molecule has 0 aromatic heterocycles. The molecule has 2 atom stereocenters. The van der Waals surface area contributed by atoms with Crippen molar-refractivity contribution < 1.29 is 42.9 Å². The Kier molecular flexibility index (Phi) is 66.8. The number of allylic oxidation sites excluding steroid dienone is 26. The number of carboxylic acid groups (broad SMARTS) is 1. The molecule has 9 heteroatoms. The number of carbonyl (C=O) groups excluding carboxylic acids is 3. The normalized spacial score (nSPS) is 13.6. The molecule has 0 saturated heterocycles. The predicted molar refractivity (Wildman–Crippen MR) is 389 cm³/mol. The van der Waals surface area contributed by atoms with Gasteiger partial charge in [-0.05, 0) is 122 Å². The van der Waals surface area contributed by atoms with Gasteiger partial charge in [-0.15, -0.1) is 0 Å². The Hall–Kier alpha value is -5.09. The Balaban J connectivity index is 4.08. The Morgan fingerprint density at radius 2 is 0.593 bits per heavy atom. The van der Waals surface area contributed by atoms with Gasteiger partial charge in [0.1, 0.15) is 13.2 Å². The van der Waals surface area contributed by atoms with Gasteiger partial charge in [0.15, 0.2) is 12.4 Å². The minimum atomic E-state index is -1.64. The standard InChI is InChI=1S/C82H135NO8/c1-6-8-10-12-14-16-18-20-22-24-26-28-30-32-33-34-35-36-37-38-39-40-41-42-43-44-45-46-47-49-50-52-54-56-58-60-62-64-66-68-70-72-79(84)89-76-78(77-90-82(81(86)87)88-75-74-83(3,4)5)91-80(85)73-71-69-67-65-63-61-59-57-55-53-51-48-31-29-27-25-23-21-19-17-15-13-11-9-7-2/h8-11,14-17,20-23,26-29,32-33,35-36,48,51,55,57,61,63,78,82H,6-7,12-13,18-19,24-25,30-31,34,37-47,49-50,52-54,56,58-60,62,64-77H2,1-5H3/b10-8-,11-9-,16-14-,17-15-,22-20-,23-21-,28-26-,29-27-,33-32-,36-35-,51-48-,57-55-,63-61-. The summed E-state index contributed by atoms with van der Waals surface area (Å²) in [5.74, 6) is -2.33. The van der Waals surface area contributed by atoms with Crippen molar-refractivity contribution >= 4 is 17.9 Å². The Morgan fingerprint density at radius 3 is 0.890 bits per heavy atom. The summed E-state index contributed by atoms with van der Waals surface area (Å²) in [6, 6.07) is 0. The molecule has 0 aliphatic carbocycles. The van der Waals surface area contributed by atoms with E-state index in [1.807, 2.05) is 21.1 Å². The van der Waals surface area contributed by atoms with E-state index in [-0.39, 0.29) is 38.6 Å². The molecule has 2 unspecified atom stereocenters. The van der Waals surface area contributed by atoms with Gasteiger partial charge in [-0.3, -0.25) is 9.59 Å². The first kappa shape index (κ1) is 85.9. The van der Waals surface area contributed by atoms with Crippen LogP contribution in [0.4, 0.5) is 0 Å². The van der Waals surface area contributed by atoms with Crippen molar-refractivity contribution in [3.05, 3.63) is 158 Å². The van der Waals surface area contributed by atoms with Gasteiger partial charge in [0.25, 0.3) is 0 Å². The number of unbranched alkanes of at least 4 members (excludes halogenated alkanes) is 25. The van der Waals surface area contributed by atoms with Crippen molar-refractivity contribution in [3.8, 4) is 0 Å². The first-order valence-electron chi connectivity index (χ1n) is 36.6. The summed E-state index contributed by atoms with van der Waals surface area (Å²) in [5, 5.41) is 11.8. The highest BCUT2D eigenvalue weighted by Crippen LogP contribution is 2.17. The third kappa shape index (κ3) is 72.2. The molecule has 516 valence electrons. The van der Waals surface area contributed by atoms with Crippen LogP contribution in [-0.4, -0.2) is 82.3 Å². The molecule has 0 spiro atoms. The third-order valence-electron chi connectivity index (χ3n) is 15.3. The second kappa shape index (κ2) is 70.8. The van der Waals surface area contributed by atoms with Crippen LogP contribution in [0.1, 0.15) is 284 Å². The molecule has 0 aliphatic rings. The monoisotopic (exact) mass is 1260 g/mol. The maximum absolute atomic E-state index is 12.9. The van der Waals surface area contributed by atoms with Gasteiger partial charge in [-0.2, -0.15) is 0 Å². The van der Waals surface area contributed by atoms with Crippen LogP contribution in [0.2, 0.25) is 0 Å². The van der Waals surface area contributed by atoms with Crippen molar-refractivity contribution in [2.45, 2.75) is 296 Å². The lowest BCUT2D eigenvalue weighted by Crippen LogP contribution is -2.44. The number of hydrogen-bond acceptors (Lipinski definition) is 8. The number of carboxylic acids is 1. The molecule has 0 N–H and O–H groups in total. The van der Waals surface area contributed by atoms with Crippen molar-refractivity contribution in [1.29, 1.82) is 0 Å². The summed E-state index contributed by atoms with van der Waals surface area (Å²) in [6.45, 7) is 4.48. The molecule has 0 aromatic carbocycles. The summed E-state index contributed by atoms with van der Waals surface area (Å²) in [7, 11) is 5.91. The second-order valence-electron chi connectivity index (χ2n) is 25.1. The highest BCUT2D eigenvalue weighted by Gasteiger charge is 2.22. The second-order valence-corrected chi connectivity index (χ2v) is 25.1. The van der Waals surface area contributed by atoms with Crippen LogP contribution >= 0.6 is 0 Å². The first-order valence-corrected chi connectivity index (χ1v) is 36.6. The van der Waals surface area contributed by atoms with Crippen LogP contribution in [-0.2, 0) is 33.3 Å². The summed E-state index contributed by atoms with van der Waals surface area (Å²) < 4.78 is 22.8. The van der Waals surface area contributed by atoms with E-state index in [9.17, 15) is 19.5 Å². The van der Waals surface area contributed by atoms with E-state index in [1.54, 1.807) is 0 Å². The van der Waals surface area contributed by atoms with E-state index in [2.05, 4.69) is 172 Å². The molecule has 0 saturated carbocycles. The number of esters is 2. The number of nitrogens with zero attached hydrogens (tertiary/aromatic N) is 1. The summed E-state index contributed by atoms with van der Waals surface area (Å²) in [4.78, 5) is 37.5. The van der Waals surface area contributed by atoms with Crippen LogP contribution in [0.5, 0.6) is 0 Å². The smallest absolute Gasteiger partial charge is 0.306 e. The molecule has 9 nitrogen and oxygen atoms in total. The van der Waals surface area contributed by atoms with E-state index in [4.69, 9.17) is 18.9 Å². The zero-order valence-electron chi connectivity index (χ0n) is 58.9. The first-order chi connectivity index (χ1) is 44.6. The number of likely N-dealkylation sites (N-methyl/N-ethyl adjacent to an activating group) is 1. The summed E-state index contributed by atoms with van der Waals surface area (Å²) >= 11 is 0. The minimum absolute atomic E-state index is 0.134. The molecule has 0 bridgehead atoms. The molecule has 0 radical (unpaired) electrons. The molecule has 91 heavy (non-hydrogen) atoms. The molecule has 0 rings (SSSR count). The summed E-state index contributed by atoms with van der Waals surface area (Å²) in [5.41, 5.74) is 0. The lowest BCUT2D eigenvalue weighted by atomic mass is 10.0. The van der Waals surface area contributed by atoms with Crippen LogP contribution in [0.3, 0.4) is 0 Å². The van der Waals surface area contributed by atoms with Crippen LogP contribution in [0, 0.1) is 0 Å². The van der Waals surface area contributed by atoms with Gasteiger partial charge in [-0.1, -0.05) is 307 Å². The average Bonchev–Trinajstić information content (AvgIpc) is 3.46. The van der Waals surface area contributed by atoms with E-state index < -0.39 is 24.3 Å². The quantitative estimate of drug-likeness (QED) is 0.0195. The number of aliphatic carboxylic acids is 1. The fourth-order valence-corrected chi connectivity index (χ4v) is 9.76. The SMILES string of the molecule is CC/C=C\C/C=C\C/C=C\C/C=C\C/C=C\C/C=C\C/C=C\CCCCCC(=O)OC(COC(=O)CCCCCCCCCCCCCCCCCCCCCCCC/C=C\C/C=C\C/C=C\C/C=C\C/C=C\C/C=C\CC)COC(OCC[N+](C)(C)C)C(=O)[O-]. The Bertz CT molecular complexity index is 2060. The van der Waals surface area contributed by atoms with E-state index in [0.717, 1.165) is 122 Å². The van der Waals surface area contributed by atoms with E-state index >= 15 is 0 Å². The number of rotatable bonds is 66. The molecule has 0 fully saturated rings. The van der Waals surface area contributed by atoms with Crippen molar-refractivity contribution in [1.82, 2.24) is 0 Å². The van der Waals surface area contributed by atoms with E-state index in [0.29, 0.717) is 17.4 Å².